The Balaban J connectivity index is 1.25. The average molecular weight is 477 g/mol. The summed E-state index contributed by atoms with van der Waals surface area (Å²) in [7, 11) is -3.65. The first-order valence-electron chi connectivity index (χ1n) is 11.2. The molecule has 2 aromatic carbocycles. The van der Waals surface area contributed by atoms with E-state index in [1.54, 1.807) is 24.3 Å². The Kier molecular flexibility index (Phi) is 7.31. The molecule has 0 bridgehead atoms. The number of ether oxygens (including phenoxy) is 2. The molecule has 1 atom stereocenters. The Morgan fingerprint density at radius 3 is 2.24 bits per heavy atom. The maximum atomic E-state index is 13.1. The predicted molar refractivity (Wildman–Crippen MR) is 121 cm³/mol. The molecule has 0 radical (unpaired) electrons. The zero-order chi connectivity index (χ0) is 23.4. The lowest BCUT2D eigenvalue weighted by Gasteiger charge is -2.29. The highest BCUT2D eigenvalue weighted by atomic mass is 32.2. The van der Waals surface area contributed by atoms with Crippen LogP contribution in [-0.2, 0) is 19.6 Å². The molecule has 178 valence electrons. The van der Waals surface area contributed by atoms with Gasteiger partial charge in [-0.05, 0) is 74.6 Å². The molecule has 2 N–H and O–H groups in total. The molecule has 1 aliphatic heterocycles. The molecule has 9 heteroatoms. The van der Waals surface area contributed by atoms with Crippen LogP contribution >= 0.6 is 0 Å². The van der Waals surface area contributed by atoms with Crippen molar-refractivity contribution < 1.29 is 27.1 Å². The van der Waals surface area contributed by atoms with Gasteiger partial charge >= 0.3 is 0 Å². The second-order valence-corrected chi connectivity index (χ2v) is 10.4. The van der Waals surface area contributed by atoms with Crippen molar-refractivity contribution in [3.05, 3.63) is 59.9 Å². The topological polar surface area (TPSA) is 93.7 Å². The summed E-state index contributed by atoms with van der Waals surface area (Å²) in [6.07, 6.45) is 2.41. The van der Waals surface area contributed by atoms with E-state index in [9.17, 15) is 17.6 Å². The number of amides is 1. The van der Waals surface area contributed by atoms with Crippen LogP contribution in [0.15, 0.2) is 53.4 Å². The second-order valence-electron chi connectivity index (χ2n) is 8.70. The minimum absolute atomic E-state index is 0.0247. The quantitative estimate of drug-likeness (QED) is 0.610. The summed E-state index contributed by atoms with van der Waals surface area (Å²) < 4.78 is 52.1. The van der Waals surface area contributed by atoms with Gasteiger partial charge in [0.1, 0.15) is 17.7 Å². The molecule has 1 heterocycles. The molecule has 2 aromatic rings. The molecule has 1 aliphatic carbocycles. The Bertz CT molecular complexity index is 1050. The van der Waals surface area contributed by atoms with Crippen molar-refractivity contribution in [2.75, 3.05) is 13.2 Å². The van der Waals surface area contributed by atoms with Gasteiger partial charge in [0.2, 0.25) is 15.9 Å². The van der Waals surface area contributed by atoms with Crippen molar-refractivity contribution in [3.8, 4) is 5.75 Å². The molecule has 2 fully saturated rings. The minimum Gasteiger partial charge on any atom is -0.486 e. The molecule has 4 rings (SSSR count). The summed E-state index contributed by atoms with van der Waals surface area (Å²) in [5.41, 5.74) is 0.837. The third-order valence-corrected chi connectivity index (χ3v) is 7.73. The number of nitrogens with one attached hydrogen (secondary N) is 2. The van der Waals surface area contributed by atoms with Crippen LogP contribution in [0, 0.1) is 11.7 Å². The Hall–Kier alpha value is -2.49. The molecule has 2 aliphatic rings. The van der Waals surface area contributed by atoms with E-state index in [2.05, 4.69) is 10.0 Å². The molecule has 1 saturated heterocycles. The van der Waals surface area contributed by atoms with E-state index < -0.39 is 10.0 Å². The number of carbonyl (C=O) groups is 1. The lowest BCUT2D eigenvalue weighted by molar-refractivity contribution is -0.126. The Labute approximate surface area is 193 Å². The number of benzene rings is 2. The zero-order valence-corrected chi connectivity index (χ0v) is 19.3. The van der Waals surface area contributed by atoms with E-state index in [-0.39, 0.29) is 40.7 Å². The van der Waals surface area contributed by atoms with Crippen molar-refractivity contribution in [2.24, 2.45) is 5.92 Å². The predicted octanol–water partition coefficient (Wildman–Crippen LogP) is 3.32. The van der Waals surface area contributed by atoms with Gasteiger partial charge in [0, 0.05) is 12.0 Å². The summed E-state index contributed by atoms with van der Waals surface area (Å²) in [6, 6.07) is 12.0. The molecule has 1 saturated carbocycles. The maximum absolute atomic E-state index is 13.1. The van der Waals surface area contributed by atoms with Gasteiger partial charge < -0.3 is 14.8 Å². The van der Waals surface area contributed by atoms with Crippen LogP contribution in [0.1, 0.15) is 44.2 Å². The van der Waals surface area contributed by atoms with Gasteiger partial charge in [-0.25, -0.2) is 17.5 Å². The molecular formula is C24H29FN2O5S. The number of hydrogen-bond donors (Lipinski definition) is 2. The van der Waals surface area contributed by atoms with Gasteiger partial charge in [0.15, 0.2) is 0 Å². The average Bonchev–Trinajstić information content (AvgIpc) is 2.77. The fraction of sp³-hybridized carbons (Fsp3) is 0.458. The monoisotopic (exact) mass is 476 g/mol. The number of hydrogen-bond acceptors (Lipinski definition) is 5. The van der Waals surface area contributed by atoms with Crippen LogP contribution < -0.4 is 14.8 Å². The van der Waals surface area contributed by atoms with Crippen molar-refractivity contribution in [1.29, 1.82) is 0 Å². The highest BCUT2D eigenvalue weighted by molar-refractivity contribution is 7.89. The first-order valence-corrected chi connectivity index (χ1v) is 12.7. The number of rotatable bonds is 8. The highest BCUT2D eigenvalue weighted by Crippen LogP contribution is 2.27. The van der Waals surface area contributed by atoms with Gasteiger partial charge in [-0.15, -0.1) is 0 Å². The first-order chi connectivity index (χ1) is 15.8. The summed E-state index contributed by atoms with van der Waals surface area (Å²) in [5.74, 6) is 0.0795. The third-order valence-electron chi connectivity index (χ3n) is 6.19. The smallest absolute Gasteiger partial charge is 0.240 e. The normalized spacial score (nSPS) is 22.2. The summed E-state index contributed by atoms with van der Waals surface area (Å²) >= 11 is 0. The lowest BCUT2D eigenvalue weighted by atomic mass is 9.85. The summed E-state index contributed by atoms with van der Waals surface area (Å²) in [4.78, 5) is 12.8. The summed E-state index contributed by atoms with van der Waals surface area (Å²) in [5, 5.41) is 2.98. The molecule has 7 nitrogen and oxygen atoms in total. The van der Waals surface area contributed by atoms with Gasteiger partial charge in [0.25, 0.3) is 0 Å². The van der Waals surface area contributed by atoms with E-state index in [0.29, 0.717) is 44.6 Å². The fourth-order valence-corrected chi connectivity index (χ4v) is 5.40. The van der Waals surface area contributed by atoms with Gasteiger partial charge in [-0.2, -0.15) is 0 Å². The van der Waals surface area contributed by atoms with Gasteiger partial charge in [0.05, 0.1) is 24.2 Å². The first kappa shape index (κ1) is 23.7. The van der Waals surface area contributed by atoms with Crippen molar-refractivity contribution in [1.82, 2.24) is 10.0 Å². The van der Waals surface area contributed by atoms with Crippen molar-refractivity contribution in [2.45, 2.75) is 55.7 Å². The fourth-order valence-electron chi connectivity index (χ4n) is 4.10. The van der Waals surface area contributed by atoms with Crippen LogP contribution in [0.25, 0.3) is 0 Å². The number of carbonyl (C=O) groups excluding carboxylic acids is 1. The standard InChI is InChI=1S/C24H29FN2O5S/c1-16(17-2-6-19(25)7-3-17)26-24(28)18-4-8-20(9-5-18)27-33(29,30)23-12-10-21(11-13-23)32-22-14-31-15-22/h2-3,6-7,10-13,16,18,20,22,27H,4-5,8-9,14-15H2,1H3,(H,26,28)/t16-,18?,20?/m1/s1. The van der Waals surface area contributed by atoms with Gasteiger partial charge in [-0.3, -0.25) is 4.79 Å². The summed E-state index contributed by atoms with van der Waals surface area (Å²) in [6.45, 7) is 2.96. The molecule has 0 spiro atoms. The SMILES string of the molecule is C[C@@H](NC(=O)C1CCC(NS(=O)(=O)c2ccc(OC3COC3)cc2)CC1)c1ccc(F)cc1. The highest BCUT2D eigenvalue weighted by Gasteiger charge is 2.30. The van der Waals surface area contributed by atoms with Crippen LogP contribution in [-0.4, -0.2) is 39.7 Å². The second kappa shape index (κ2) is 10.2. The Morgan fingerprint density at radius 1 is 1.03 bits per heavy atom. The number of sulfonamides is 1. The van der Waals surface area contributed by atoms with Crippen LogP contribution in [0.2, 0.25) is 0 Å². The van der Waals surface area contributed by atoms with E-state index in [1.807, 2.05) is 6.92 Å². The molecule has 33 heavy (non-hydrogen) atoms. The minimum atomic E-state index is -3.65. The van der Waals surface area contributed by atoms with Crippen LogP contribution in [0.3, 0.4) is 0 Å². The van der Waals surface area contributed by atoms with Crippen molar-refractivity contribution in [3.63, 3.8) is 0 Å². The lowest BCUT2D eigenvalue weighted by Crippen LogP contribution is -2.41. The van der Waals surface area contributed by atoms with E-state index in [4.69, 9.17) is 9.47 Å². The van der Waals surface area contributed by atoms with Crippen LogP contribution in [0.5, 0.6) is 5.75 Å². The molecule has 0 unspecified atom stereocenters. The zero-order valence-electron chi connectivity index (χ0n) is 18.5. The molecular weight excluding hydrogens is 447 g/mol. The third kappa shape index (κ3) is 6.10. The van der Waals surface area contributed by atoms with Gasteiger partial charge in [-0.1, -0.05) is 12.1 Å². The van der Waals surface area contributed by atoms with E-state index in [0.717, 1.165) is 5.56 Å². The van der Waals surface area contributed by atoms with E-state index >= 15 is 0 Å². The van der Waals surface area contributed by atoms with E-state index in [1.165, 1.54) is 24.3 Å². The Morgan fingerprint density at radius 2 is 1.67 bits per heavy atom. The molecule has 1 amide bonds. The molecule has 0 aromatic heterocycles. The number of halogens is 1. The van der Waals surface area contributed by atoms with Crippen molar-refractivity contribution >= 4 is 15.9 Å². The maximum Gasteiger partial charge on any atom is 0.240 e. The largest absolute Gasteiger partial charge is 0.486 e. The van der Waals surface area contributed by atoms with Crippen LogP contribution in [0.4, 0.5) is 4.39 Å².